The van der Waals surface area contributed by atoms with Crippen LogP contribution in [0.15, 0.2) is 54.6 Å². The first-order chi connectivity index (χ1) is 16.8. The molecule has 5 nitrogen and oxygen atoms in total. The number of esters is 1. The van der Waals surface area contributed by atoms with Crippen LogP contribution in [0.5, 0.6) is 0 Å². The van der Waals surface area contributed by atoms with Gasteiger partial charge in [-0.15, -0.1) is 0 Å². The van der Waals surface area contributed by atoms with Crippen LogP contribution in [0.25, 0.3) is 0 Å². The van der Waals surface area contributed by atoms with Crippen LogP contribution in [-0.2, 0) is 24.2 Å². The topological polar surface area (TPSA) is 72.8 Å². The minimum Gasteiger partial charge on any atom is -0.481 e. The average molecular weight is 512 g/mol. The third-order valence-corrected chi connectivity index (χ3v) is 8.37. The lowest BCUT2D eigenvalue weighted by Crippen LogP contribution is -2.45. The molecule has 0 bridgehead atoms. The highest BCUT2D eigenvalue weighted by molar-refractivity contribution is 6.80. The summed E-state index contributed by atoms with van der Waals surface area (Å²) in [5.74, 6) is -2.82. The van der Waals surface area contributed by atoms with Crippen LogP contribution in [0.1, 0.15) is 79.7 Å². The van der Waals surface area contributed by atoms with E-state index in [1.165, 1.54) is 15.9 Å². The fraction of sp³-hybridized carbons (Fsp3) is 0.533. The van der Waals surface area contributed by atoms with Crippen LogP contribution in [0.2, 0.25) is 0 Å². The van der Waals surface area contributed by atoms with Crippen LogP contribution < -0.4 is 10.4 Å². The molecule has 0 aliphatic rings. The molecule has 6 heteroatoms. The van der Waals surface area contributed by atoms with E-state index in [9.17, 15) is 14.7 Å². The fourth-order valence-electron chi connectivity index (χ4n) is 3.98. The van der Waals surface area contributed by atoms with Crippen molar-refractivity contribution >= 4 is 31.4 Å². The van der Waals surface area contributed by atoms with E-state index in [1.54, 1.807) is 27.7 Å². The summed E-state index contributed by atoms with van der Waals surface area (Å²) in [7, 11) is -1.37. The summed E-state index contributed by atoms with van der Waals surface area (Å²) >= 11 is 0. The molecule has 0 spiro atoms. The molecule has 0 amide bonds. The molecule has 2 unspecified atom stereocenters. The number of hydrogen-bond donors (Lipinski definition) is 1. The molecule has 197 valence electrons. The molecule has 0 fully saturated rings. The van der Waals surface area contributed by atoms with Crippen LogP contribution >= 0.6 is 0 Å². The Morgan fingerprint density at radius 1 is 0.861 bits per heavy atom. The molecular weight excluding hydrogens is 468 g/mol. The fourth-order valence-corrected chi connectivity index (χ4v) is 5.96. The molecule has 2 rings (SSSR count). The smallest absolute Gasteiger partial charge is 0.310 e. The molecule has 36 heavy (non-hydrogen) atoms. The number of unbranched alkanes of at least 4 members (excludes halogenated alkanes) is 2. The summed E-state index contributed by atoms with van der Waals surface area (Å²) in [5, 5.41) is 11.9. The summed E-state index contributed by atoms with van der Waals surface area (Å²) in [6.07, 6.45) is 2.95. The molecule has 2 aromatic rings. The number of carbonyl (C=O) groups excluding carboxylic acids is 1. The van der Waals surface area contributed by atoms with Gasteiger partial charge in [-0.05, 0) is 55.0 Å². The molecule has 0 aromatic heterocycles. The van der Waals surface area contributed by atoms with Gasteiger partial charge in [-0.1, -0.05) is 95.1 Å². The van der Waals surface area contributed by atoms with Gasteiger partial charge in [0.05, 0.1) is 11.8 Å². The van der Waals surface area contributed by atoms with Crippen molar-refractivity contribution in [3.05, 3.63) is 60.2 Å². The minimum atomic E-state index is -1.37. The van der Waals surface area contributed by atoms with Crippen molar-refractivity contribution in [2.45, 2.75) is 85.2 Å². The normalized spacial score (nSPS) is 13.9. The van der Waals surface area contributed by atoms with E-state index in [1.807, 2.05) is 18.2 Å². The molecule has 0 saturated heterocycles. The Bertz CT molecular complexity index is 958. The highest BCUT2D eigenvalue weighted by atomic mass is 28.3. The van der Waals surface area contributed by atoms with E-state index in [4.69, 9.17) is 9.16 Å². The second-order valence-corrected chi connectivity index (χ2v) is 13.6. The van der Waals surface area contributed by atoms with E-state index < -0.39 is 38.4 Å². The number of benzene rings is 2. The second kappa shape index (κ2) is 13.2. The van der Waals surface area contributed by atoms with Gasteiger partial charge in [0.1, 0.15) is 5.60 Å². The predicted octanol–water partition coefficient (Wildman–Crippen LogP) is 5.35. The Kier molecular flexibility index (Phi) is 10.9. The van der Waals surface area contributed by atoms with Crippen molar-refractivity contribution in [2.24, 2.45) is 11.8 Å². The van der Waals surface area contributed by atoms with Gasteiger partial charge in [0.25, 0.3) is 9.04 Å². The number of carboxylic acids is 1. The van der Waals surface area contributed by atoms with E-state index in [0.717, 1.165) is 19.3 Å². The Labute approximate surface area is 219 Å². The van der Waals surface area contributed by atoms with E-state index >= 15 is 0 Å². The Morgan fingerprint density at radius 2 is 1.44 bits per heavy atom. The summed E-state index contributed by atoms with van der Waals surface area (Å²) in [5.41, 5.74) is 0.771. The predicted molar refractivity (Wildman–Crippen MR) is 147 cm³/mol. The average Bonchev–Trinajstić information content (AvgIpc) is 2.79. The van der Waals surface area contributed by atoms with Gasteiger partial charge in [-0.25, -0.2) is 0 Å². The Hall–Kier alpha value is -2.44. The lowest BCUT2D eigenvalue weighted by atomic mass is 9.87. The van der Waals surface area contributed by atoms with E-state index in [-0.39, 0.29) is 5.41 Å². The van der Waals surface area contributed by atoms with Crippen molar-refractivity contribution in [1.29, 1.82) is 0 Å². The van der Waals surface area contributed by atoms with Gasteiger partial charge < -0.3 is 14.3 Å². The van der Waals surface area contributed by atoms with Gasteiger partial charge in [0.2, 0.25) is 0 Å². The standard InChI is InChI=1S/C30H43O5Si/c1-22(27(31)32)26(28(33)35-30(5,6)7)16-12-9-13-21-34-36(24-14-10-8-11-15-24)25-19-17-23(18-20-25)29(2,3)4/h8,10-11,14-15,17-20,22,26H,9,12-13,16,21H2,1-7H3,(H,31,32). The molecule has 0 aliphatic heterocycles. The molecular formula is C30H43O5Si. The number of rotatable bonds is 12. The maximum absolute atomic E-state index is 12.6. The SMILES string of the molecule is CC(C(=O)O)C(CCCCCO[Si](c1ccccc1)c1ccc(C(C)(C)C)cc1)C(=O)OC(C)(C)C. The molecule has 0 heterocycles. The van der Waals surface area contributed by atoms with Crippen LogP contribution in [-0.4, -0.2) is 38.3 Å². The largest absolute Gasteiger partial charge is 0.481 e. The Morgan fingerprint density at radius 3 is 1.97 bits per heavy atom. The lowest BCUT2D eigenvalue weighted by Gasteiger charge is -2.26. The van der Waals surface area contributed by atoms with E-state index in [0.29, 0.717) is 13.0 Å². The van der Waals surface area contributed by atoms with Gasteiger partial charge >= 0.3 is 11.9 Å². The first-order valence-corrected chi connectivity index (χ1v) is 14.3. The quantitative estimate of drug-likeness (QED) is 0.236. The number of ether oxygens (including phenoxy) is 1. The zero-order chi connectivity index (χ0) is 26.9. The van der Waals surface area contributed by atoms with Crippen LogP contribution in [0, 0.1) is 11.8 Å². The van der Waals surface area contributed by atoms with Crippen molar-refractivity contribution < 1.29 is 23.9 Å². The lowest BCUT2D eigenvalue weighted by molar-refractivity contribution is -0.166. The zero-order valence-electron chi connectivity index (χ0n) is 23.0. The van der Waals surface area contributed by atoms with Gasteiger partial charge in [0, 0.05) is 6.61 Å². The first kappa shape index (κ1) is 29.8. The third-order valence-electron chi connectivity index (χ3n) is 6.16. The summed E-state index contributed by atoms with van der Waals surface area (Å²) in [6.45, 7) is 14.2. The molecule has 1 radical (unpaired) electrons. The third kappa shape index (κ3) is 9.55. The van der Waals surface area contributed by atoms with Gasteiger partial charge in [-0.2, -0.15) is 0 Å². The van der Waals surface area contributed by atoms with Crippen LogP contribution in [0.4, 0.5) is 0 Å². The first-order valence-electron chi connectivity index (χ1n) is 12.9. The van der Waals surface area contributed by atoms with Crippen molar-refractivity contribution in [3.63, 3.8) is 0 Å². The van der Waals surface area contributed by atoms with Crippen molar-refractivity contribution in [1.82, 2.24) is 0 Å². The summed E-state index contributed by atoms with van der Waals surface area (Å²) in [6, 6.07) is 19.2. The minimum absolute atomic E-state index is 0.105. The van der Waals surface area contributed by atoms with Crippen LogP contribution in [0.3, 0.4) is 0 Å². The van der Waals surface area contributed by atoms with Crippen molar-refractivity contribution in [3.8, 4) is 0 Å². The van der Waals surface area contributed by atoms with E-state index in [2.05, 4.69) is 57.2 Å². The maximum Gasteiger partial charge on any atom is 0.310 e. The van der Waals surface area contributed by atoms with Crippen molar-refractivity contribution in [2.75, 3.05) is 6.61 Å². The monoisotopic (exact) mass is 511 g/mol. The number of carboxylic acid groups (broad SMARTS) is 1. The Balaban J connectivity index is 1.96. The molecule has 0 aliphatic carbocycles. The molecule has 1 N–H and O–H groups in total. The summed E-state index contributed by atoms with van der Waals surface area (Å²) < 4.78 is 11.9. The van der Waals surface area contributed by atoms with Gasteiger partial charge in [-0.3, -0.25) is 9.59 Å². The summed E-state index contributed by atoms with van der Waals surface area (Å²) in [4.78, 5) is 24.1. The molecule has 0 saturated carbocycles. The zero-order valence-corrected chi connectivity index (χ0v) is 24.0. The molecule has 2 atom stereocenters. The maximum atomic E-state index is 12.6. The molecule has 2 aromatic carbocycles. The second-order valence-electron chi connectivity index (χ2n) is 11.5. The van der Waals surface area contributed by atoms with Gasteiger partial charge in [0.15, 0.2) is 0 Å². The number of carbonyl (C=O) groups is 2. The number of aliphatic carboxylic acids is 1. The highest BCUT2D eigenvalue weighted by Crippen LogP contribution is 2.24. The highest BCUT2D eigenvalue weighted by Gasteiger charge is 2.33. The number of hydrogen-bond acceptors (Lipinski definition) is 4.